The molecule has 0 spiro atoms. The zero-order chi connectivity index (χ0) is 13.2. The molecule has 1 aromatic rings. The lowest BCUT2D eigenvalue weighted by atomic mass is 9.96. The van der Waals surface area contributed by atoms with Crippen LogP contribution in [0.2, 0.25) is 0 Å². The molecule has 0 saturated heterocycles. The van der Waals surface area contributed by atoms with E-state index in [4.69, 9.17) is 5.73 Å². The average molecular weight is 266 g/mol. The standard InChI is InChI=1S/C14H22N2OS/c1-11(10-12-6-5-9-18-12)16(2)13(17)14(15)7-3-4-8-14/h5-6,9,11H,3-4,7-8,10,15H2,1-2H3. The summed E-state index contributed by atoms with van der Waals surface area (Å²) in [6.45, 7) is 2.09. The normalized spacial score (nSPS) is 19.7. The van der Waals surface area contributed by atoms with Gasteiger partial charge in [0.25, 0.3) is 0 Å². The second-order valence-corrected chi connectivity index (χ2v) is 6.44. The Kier molecular flexibility index (Phi) is 4.07. The molecular formula is C14H22N2OS. The lowest BCUT2D eigenvalue weighted by Crippen LogP contribution is -2.54. The number of hydrogen-bond acceptors (Lipinski definition) is 3. The first-order valence-electron chi connectivity index (χ1n) is 6.61. The van der Waals surface area contributed by atoms with Crippen LogP contribution in [-0.2, 0) is 11.2 Å². The summed E-state index contributed by atoms with van der Waals surface area (Å²) in [7, 11) is 1.88. The molecule has 18 heavy (non-hydrogen) atoms. The van der Waals surface area contributed by atoms with Crippen molar-refractivity contribution in [3.63, 3.8) is 0 Å². The van der Waals surface area contributed by atoms with Crippen LogP contribution in [0.15, 0.2) is 17.5 Å². The van der Waals surface area contributed by atoms with E-state index in [1.54, 1.807) is 11.3 Å². The topological polar surface area (TPSA) is 46.3 Å². The molecule has 1 aliphatic carbocycles. The predicted octanol–water partition coefficient (Wildman–Crippen LogP) is 2.41. The van der Waals surface area contributed by atoms with Crippen molar-refractivity contribution in [3.05, 3.63) is 22.4 Å². The summed E-state index contributed by atoms with van der Waals surface area (Å²) in [6, 6.07) is 4.38. The molecule has 2 rings (SSSR count). The molecule has 1 atom stereocenters. The number of carbonyl (C=O) groups is 1. The van der Waals surface area contributed by atoms with E-state index in [0.717, 1.165) is 32.1 Å². The Morgan fingerprint density at radius 1 is 1.56 bits per heavy atom. The molecular weight excluding hydrogens is 244 g/mol. The van der Waals surface area contributed by atoms with Crippen molar-refractivity contribution in [1.29, 1.82) is 0 Å². The van der Waals surface area contributed by atoms with E-state index in [-0.39, 0.29) is 11.9 Å². The van der Waals surface area contributed by atoms with Gasteiger partial charge in [0.15, 0.2) is 0 Å². The minimum atomic E-state index is -0.599. The van der Waals surface area contributed by atoms with Gasteiger partial charge in [-0.25, -0.2) is 0 Å². The van der Waals surface area contributed by atoms with E-state index < -0.39 is 5.54 Å². The minimum Gasteiger partial charge on any atom is -0.341 e. The van der Waals surface area contributed by atoms with Crippen LogP contribution < -0.4 is 5.73 Å². The van der Waals surface area contributed by atoms with Gasteiger partial charge in [-0.1, -0.05) is 18.9 Å². The Morgan fingerprint density at radius 3 is 2.78 bits per heavy atom. The van der Waals surface area contributed by atoms with Crippen molar-refractivity contribution in [2.75, 3.05) is 7.05 Å². The fourth-order valence-corrected chi connectivity index (χ4v) is 3.45. The van der Waals surface area contributed by atoms with Crippen molar-refractivity contribution in [2.45, 2.75) is 50.6 Å². The molecule has 1 aliphatic rings. The number of rotatable bonds is 4. The Balaban J connectivity index is 1.97. The fourth-order valence-electron chi connectivity index (χ4n) is 2.63. The van der Waals surface area contributed by atoms with E-state index in [2.05, 4.69) is 24.4 Å². The van der Waals surface area contributed by atoms with Crippen molar-refractivity contribution in [3.8, 4) is 0 Å². The number of nitrogens with two attached hydrogens (primary N) is 1. The van der Waals surface area contributed by atoms with Gasteiger partial charge in [-0.3, -0.25) is 4.79 Å². The highest BCUT2D eigenvalue weighted by Crippen LogP contribution is 2.29. The summed E-state index contributed by atoms with van der Waals surface area (Å²) in [5.74, 6) is 0.115. The van der Waals surface area contributed by atoms with Crippen molar-refractivity contribution < 1.29 is 4.79 Å². The predicted molar refractivity (Wildman–Crippen MR) is 75.6 cm³/mol. The van der Waals surface area contributed by atoms with Gasteiger partial charge in [-0.2, -0.15) is 0 Å². The number of nitrogens with zero attached hydrogens (tertiary/aromatic N) is 1. The molecule has 0 aromatic carbocycles. The summed E-state index contributed by atoms with van der Waals surface area (Å²) < 4.78 is 0. The molecule has 3 nitrogen and oxygen atoms in total. The molecule has 1 amide bonds. The average Bonchev–Trinajstić information content (AvgIpc) is 2.99. The van der Waals surface area contributed by atoms with Gasteiger partial charge < -0.3 is 10.6 Å². The van der Waals surface area contributed by atoms with Gasteiger partial charge in [-0.05, 0) is 31.2 Å². The first-order chi connectivity index (χ1) is 8.53. The summed E-state index contributed by atoms with van der Waals surface area (Å²) >= 11 is 1.74. The third kappa shape index (κ3) is 2.75. The van der Waals surface area contributed by atoms with Gasteiger partial charge in [-0.15, -0.1) is 11.3 Å². The van der Waals surface area contributed by atoms with Crippen LogP contribution in [0.4, 0.5) is 0 Å². The summed E-state index contributed by atoms with van der Waals surface area (Å²) in [6.07, 6.45) is 4.74. The Morgan fingerprint density at radius 2 is 2.22 bits per heavy atom. The molecule has 0 bridgehead atoms. The summed E-state index contributed by atoms with van der Waals surface area (Å²) in [5.41, 5.74) is 5.63. The second-order valence-electron chi connectivity index (χ2n) is 5.41. The largest absolute Gasteiger partial charge is 0.341 e. The maximum absolute atomic E-state index is 12.4. The van der Waals surface area contributed by atoms with E-state index in [9.17, 15) is 4.79 Å². The quantitative estimate of drug-likeness (QED) is 0.909. The Bertz CT molecular complexity index is 396. The Labute approximate surface area is 113 Å². The summed E-state index contributed by atoms with van der Waals surface area (Å²) in [5, 5.41) is 2.07. The van der Waals surface area contributed by atoms with Gasteiger partial charge in [0, 0.05) is 24.4 Å². The second kappa shape index (κ2) is 5.41. The third-order valence-electron chi connectivity index (χ3n) is 3.98. The van der Waals surface area contributed by atoms with Crippen LogP contribution in [-0.4, -0.2) is 29.4 Å². The number of amides is 1. The SMILES string of the molecule is CC(Cc1cccs1)N(C)C(=O)C1(N)CCCC1. The molecule has 4 heteroatoms. The molecule has 1 saturated carbocycles. The van der Waals surface area contributed by atoms with E-state index in [1.165, 1.54) is 4.88 Å². The minimum absolute atomic E-state index is 0.115. The number of carbonyl (C=O) groups excluding carboxylic acids is 1. The Hall–Kier alpha value is -0.870. The summed E-state index contributed by atoms with van der Waals surface area (Å²) in [4.78, 5) is 15.6. The van der Waals surface area contributed by atoms with Crippen molar-refractivity contribution >= 4 is 17.2 Å². The number of hydrogen-bond donors (Lipinski definition) is 1. The van der Waals surface area contributed by atoms with E-state index >= 15 is 0 Å². The zero-order valence-corrected chi connectivity index (χ0v) is 12.0. The van der Waals surface area contributed by atoms with Crippen LogP contribution in [0.1, 0.15) is 37.5 Å². The monoisotopic (exact) mass is 266 g/mol. The van der Waals surface area contributed by atoms with Gasteiger partial charge in [0.2, 0.25) is 5.91 Å². The number of likely N-dealkylation sites (N-methyl/N-ethyl adjacent to an activating group) is 1. The van der Waals surface area contributed by atoms with Crippen molar-refractivity contribution in [1.82, 2.24) is 4.90 Å². The van der Waals surface area contributed by atoms with Gasteiger partial charge in [0.05, 0.1) is 5.54 Å². The zero-order valence-electron chi connectivity index (χ0n) is 11.2. The highest BCUT2D eigenvalue weighted by atomic mass is 32.1. The lowest BCUT2D eigenvalue weighted by Gasteiger charge is -2.32. The molecule has 1 heterocycles. The van der Waals surface area contributed by atoms with Crippen molar-refractivity contribution in [2.24, 2.45) is 5.73 Å². The highest BCUT2D eigenvalue weighted by molar-refractivity contribution is 7.09. The van der Waals surface area contributed by atoms with E-state index in [1.807, 2.05) is 11.9 Å². The lowest BCUT2D eigenvalue weighted by molar-refractivity contribution is -0.137. The van der Waals surface area contributed by atoms with E-state index in [0.29, 0.717) is 0 Å². The number of thiophene rings is 1. The maximum Gasteiger partial charge on any atom is 0.242 e. The highest BCUT2D eigenvalue weighted by Gasteiger charge is 2.39. The third-order valence-corrected chi connectivity index (χ3v) is 4.88. The van der Waals surface area contributed by atoms with Crippen LogP contribution in [0.5, 0.6) is 0 Å². The molecule has 1 fully saturated rings. The van der Waals surface area contributed by atoms with Crippen LogP contribution >= 0.6 is 11.3 Å². The molecule has 2 N–H and O–H groups in total. The fraction of sp³-hybridized carbons (Fsp3) is 0.643. The molecule has 1 aromatic heterocycles. The van der Waals surface area contributed by atoms with Crippen LogP contribution in [0.3, 0.4) is 0 Å². The molecule has 0 aliphatic heterocycles. The molecule has 0 radical (unpaired) electrons. The first kappa shape index (κ1) is 13.6. The molecule has 1 unspecified atom stereocenters. The smallest absolute Gasteiger partial charge is 0.242 e. The molecule has 100 valence electrons. The first-order valence-corrected chi connectivity index (χ1v) is 7.49. The maximum atomic E-state index is 12.4. The van der Waals surface area contributed by atoms with Gasteiger partial charge in [0.1, 0.15) is 0 Å². The van der Waals surface area contributed by atoms with Crippen LogP contribution in [0, 0.1) is 0 Å². The van der Waals surface area contributed by atoms with Crippen LogP contribution in [0.25, 0.3) is 0 Å². The van der Waals surface area contributed by atoms with Gasteiger partial charge >= 0.3 is 0 Å².